The van der Waals surface area contributed by atoms with Gasteiger partial charge in [-0.2, -0.15) is 0 Å². The van der Waals surface area contributed by atoms with Crippen LogP contribution in [0.5, 0.6) is 5.75 Å². The minimum absolute atomic E-state index is 0.299. The van der Waals surface area contributed by atoms with E-state index in [0.29, 0.717) is 5.75 Å². The van der Waals surface area contributed by atoms with Crippen LogP contribution < -0.4 is 15.1 Å². The molecule has 0 saturated heterocycles. The highest BCUT2D eigenvalue weighted by molar-refractivity contribution is 6.85. The third-order valence-electron chi connectivity index (χ3n) is 2.98. The van der Waals surface area contributed by atoms with Crippen LogP contribution in [0.15, 0.2) is 48.5 Å². The summed E-state index contributed by atoms with van der Waals surface area (Å²) in [5.41, 5.74) is 0. The lowest BCUT2D eigenvalue weighted by molar-refractivity contribution is 0.387. The predicted octanol–water partition coefficient (Wildman–Crippen LogP) is 2.46. The Morgan fingerprint density at radius 1 is 1.06 bits per heavy atom. The maximum atomic E-state index is 13.4. The second kappa shape index (κ2) is 5.82. The second-order valence-electron chi connectivity index (χ2n) is 4.05. The van der Waals surface area contributed by atoms with Crippen LogP contribution in [0.25, 0.3) is 0 Å². The Morgan fingerprint density at radius 3 is 2.39 bits per heavy atom. The summed E-state index contributed by atoms with van der Waals surface area (Å²) in [5.74, 6) is 0.0335. The van der Waals surface area contributed by atoms with Crippen molar-refractivity contribution in [3.63, 3.8) is 0 Å². The Kier molecular flexibility index (Phi) is 4.15. The lowest BCUT2D eigenvalue weighted by Crippen LogP contribution is -2.41. The van der Waals surface area contributed by atoms with Gasteiger partial charge in [0.25, 0.3) is 0 Å². The summed E-state index contributed by atoms with van der Waals surface area (Å²) >= 11 is 0. The topological polar surface area (TPSA) is 9.23 Å². The van der Waals surface area contributed by atoms with Crippen LogP contribution in [-0.2, 0) is 0 Å². The van der Waals surface area contributed by atoms with E-state index >= 15 is 0 Å². The van der Waals surface area contributed by atoms with Gasteiger partial charge in [0.2, 0.25) is 0 Å². The van der Waals surface area contributed by atoms with Gasteiger partial charge in [0, 0.05) is 0 Å². The fourth-order valence-electron chi connectivity index (χ4n) is 2.06. The predicted molar refractivity (Wildman–Crippen MR) is 74.9 cm³/mol. The van der Waals surface area contributed by atoms with Crippen molar-refractivity contribution in [2.75, 3.05) is 7.11 Å². The highest BCUT2D eigenvalue weighted by atomic mass is 28.3. The van der Waals surface area contributed by atoms with E-state index in [1.165, 1.54) is 23.5 Å². The van der Waals surface area contributed by atoms with E-state index in [1.807, 2.05) is 18.2 Å². The molecule has 2 rings (SSSR count). The number of hydrogen-bond acceptors (Lipinski definition) is 1. The average Bonchev–Trinajstić information content (AvgIpc) is 2.42. The van der Waals surface area contributed by atoms with E-state index in [4.69, 9.17) is 4.74 Å². The molecule has 2 aromatic rings. The van der Waals surface area contributed by atoms with Crippen molar-refractivity contribution in [1.29, 1.82) is 0 Å². The highest BCUT2D eigenvalue weighted by Crippen LogP contribution is 2.14. The number of hydrogen-bond donors (Lipinski definition) is 0. The fraction of sp³-hybridized carbons (Fsp3) is 0.200. The van der Waals surface area contributed by atoms with Gasteiger partial charge >= 0.3 is 0 Å². The number of benzene rings is 2. The van der Waals surface area contributed by atoms with Gasteiger partial charge in [0.05, 0.1) is 7.11 Å². The van der Waals surface area contributed by atoms with Crippen molar-refractivity contribution >= 4 is 19.2 Å². The summed E-state index contributed by atoms with van der Waals surface area (Å²) in [5, 5.41) is 2.53. The summed E-state index contributed by atoms with van der Waals surface area (Å²) < 4.78 is 18.5. The van der Waals surface area contributed by atoms with Crippen LogP contribution >= 0.6 is 0 Å². The molecule has 0 bridgehead atoms. The normalized spacial score (nSPS) is 10.7. The van der Waals surface area contributed by atoms with Crippen molar-refractivity contribution in [2.24, 2.45) is 0 Å². The number of ether oxygens (including phenoxy) is 1. The first-order valence-electron chi connectivity index (χ1n) is 6.01. The molecule has 0 aliphatic carbocycles. The largest absolute Gasteiger partial charge is 0.494 e. The molecule has 93 valence electrons. The van der Waals surface area contributed by atoms with Crippen LogP contribution in [0.2, 0.25) is 6.04 Å². The molecule has 1 radical (unpaired) electrons. The molecule has 18 heavy (non-hydrogen) atoms. The average molecular weight is 259 g/mol. The quantitative estimate of drug-likeness (QED) is 0.766. The van der Waals surface area contributed by atoms with E-state index in [2.05, 4.69) is 31.2 Å². The first kappa shape index (κ1) is 12.8. The molecule has 0 N–H and O–H groups in total. The molecule has 0 heterocycles. The van der Waals surface area contributed by atoms with Crippen molar-refractivity contribution in [3.05, 3.63) is 54.3 Å². The molecular formula is C15H16FOSi. The minimum Gasteiger partial charge on any atom is -0.494 e. The van der Waals surface area contributed by atoms with E-state index in [0.717, 1.165) is 6.04 Å². The molecule has 0 atom stereocenters. The van der Waals surface area contributed by atoms with Crippen LogP contribution in [0.4, 0.5) is 4.39 Å². The fourth-order valence-corrected chi connectivity index (χ4v) is 4.40. The summed E-state index contributed by atoms with van der Waals surface area (Å²) in [6, 6.07) is 16.7. The lowest BCUT2D eigenvalue weighted by atomic mass is 10.3. The Labute approximate surface area is 109 Å². The van der Waals surface area contributed by atoms with Crippen LogP contribution in [-0.4, -0.2) is 15.9 Å². The van der Waals surface area contributed by atoms with Gasteiger partial charge in [0.15, 0.2) is 11.6 Å². The van der Waals surface area contributed by atoms with Gasteiger partial charge in [0.1, 0.15) is 8.80 Å². The first-order chi connectivity index (χ1) is 8.76. The molecule has 0 aliphatic rings. The zero-order valence-electron chi connectivity index (χ0n) is 10.6. The molecule has 0 saturated carbocycles. The van der Waals surface area contributed by atoms with Gasteiger partial charge in [-0.1, -0.05) is 59.7 Å². The molecule has 0 aliphatic heterocycles. The number of rotatable bonds is 4. The van der Waals surface area contributed by atoms with Crippen LogP contribution in [0.1, 0.15) is 6.92 Å². The monoisotopic (exact) mass is 259 g/mol. The third-order valence-corrected chi connectivity index (χ3v) is 5.72. The van der Waals surface area contributed by atoms with E-state index in [1.54, 1.807) is 0 Å². The Balaban J connectivity index is 2.39. The van der Waals surface area contributed by atoms with Crippen molar-refractivity contribution < 1.29 is 9.13 Å². The molecule has 2 aromatic carbocycles. The summed E-state index contributed by atoms with van der Waals surface area (Å²) in [6.07, 6.45) is 0. The maximum Gasteiger partial charge on any atom is 0.165 e. The van der Waals surface area contributed by atoms with E-state index in [-0.39, 0.29) is 5.82 Å². The van der Waals surface area contributed by atoms with Crippen LogP contribution in [0, 0.1) is 5.82 Å². The van der Waals surface area contributed by atoms with Gasteiger partial charge in [-0.05, 0) is 12.1 Å². The van der Waals surface area contributed by atoms with Crippen molar-refractivity contribution in [2.45, 2.75) is 13.0 Å². The zero-order chi connectivity index (χ0) is 13.0. The molecule has 0 amide bonds. The Bertz CT molecular complexity index is 513. The molecular weight excluding hydrogens is 243 g/mol. The Hall–Kier alpha value is -1.61. The number of methoxy groups -OCH3 is 1. The zero-order valence-corrected chi connectivity index (χ0v) is 11.6. The Morgan fingerprint density at radius 2 is 1.78 bits per heavy atom. The molecule has 1 nitrogen and oxygen atoms in total. The minimum atomic E-state index is -0.834. The summed E-state index contributed by atoms with van der Waals surface area (Å²) in [6.45, 7) is 2.18. The van der Waals surface area contributed by atoms with Crippen molar-refractivity contribution in [3.8, 4) is 5.75 Å². The highest BCUT2D eigenvalue weighted by Gasteiger charge is 2.16. The lowest BCUT2D eigenvalue weighted by Gasteiger charge is -2.15. The van der Waals surface area contributed by atoms with E-state index < -0.39 is 8.80 Å². The summed E-state index contributed by atoms with van der Waals surface area (Å²) in [7, 11) is 0.669. The van der Waals surface area contributed by atoms with Gasteiger partial charge in [-0.3, -0.25) is 0 Å². The SMILES string of the molecule is CC[Si](c1ccccc1)c1ccc(F)c(OC)c1. The van der Waals surface area contributed by atoms with Crippen molar-refractivity contribution in [1.82, 2.24) is 0 Å². The molecule has 0 fully saturated rings. The van der Waals surface area contributed by atoms with Gasteiger partial charge in [-0.15, -0.1) is 0 Å². The van der Waals surface area contributed by atoms with Gasteiger partial charge in [-0.25, -0.2) is 4.39 Å². The first-order valence-corrected chi connectivity index (χ1v) is 7.72. The summed E-state index contributed by atoms with van der Waals surface area (Å²) in [4.78, 5) is 0. The standard InChI is InChI=1S/C15H16FOSi/c1-3-18(12-7-5-4-6-8-12)13-9-10-14(16)15(11-13)17-2/h4-11H,3H2,1-2H3. The van der Waals surface area contributed by atoms with Crippen LogP contribution in [0.3, 0.4) is 0 Å². The molecule has 0 aromatic heterocycles. The molecule has 3 heteroatoms. The maximum absolute atomic E-state index is 13.4. The van der Waals surface area contributed by atoms with E-state index in [9.17, 15) is 4.39 Å². The third kappa shape index (κ3) is 2.62. The second-order valence-corrected chi connectivity index (χ2v) is 6.87. The number of halogens is 1. The smallest absolute Gasteiger partial charge is 0.165 e. The van der Waals surface area contributed by atoms with Gasteiger partial charge < -0.3 is 4.74 Å². The molecule has 0 spiro atoms. The molecule has 0 unspecified atom stereocenters.